The highest BCUT2D eigenvalue weighted by Gasteiger charge is 2.31. The lowest BCUT2D eigenvalue weighted by Crippen LogP contribution is -2.41. The summed E-state index contributed by atoms with van der Waals surface area (Å²) < 4.78 is 11.5. The van der Waals surface area contributed by atoms with E-state index >= 15 is 0 Å². The van der Waals surface area contributed by atoms with Crippen LogP contribution in [0.2, 0.25) is 0 Å². The first kappa shape index (κ1) is 23.7. The molecular weight excluding hydrogens is 448 g/mol. The molecular formula is C31H32N2O3. The molecule has 0 spiro atoms. The second-order valence-corrected chi connectivity index (χ2v) is 9.19. The quantitative estimate of drug-likeness (QED) is 0.341. The Morgan fingerprint density at radius 2 is 1.89 bits per heavy atom. The summed E-state index contributed by atoms with van der Waals surface area (Å²) in [7, 11) is 1.64. The van der Waals surface area contributed by atoms with Gasteiger partial charge in [0.1, 0.15) is 18.1 Å². The van der Waals surface area contributed by atoms with Gasteiger partial charge in [-0.25, -0.2) is 0 Å². The van der Waals surface area contributed by atoms with Crippen LogP contribution in [0.3, 0.4) is 0 Å². The molecule has 0 radical (unpaired) electrons. The number of nitrogens with zero attached hydrogens (tertiary/aromatic N) is 2. The van der Waals surface area contributed by atoms with Crippen molar-refractivity contribution in [3.8, 4) is 11.5 Å². The average molecular weight is 481 g/mol. The number of anilines is 2. The number of allylic oxidation sites excluding steroid dienone is 2. The molecule has 1 amide bonds. The zero-order valence-electron chi connectivity index (χ0n) is 20.9. The van der Waals surface area contributed by atoms with E-state index < -0.39 is 0 Å². The van der Waals surface area contributed by atoms with E-state index in [1.54, 1.807) is 18.1 Å². The molecule has 0 N–H and O–H groups in total. The standard InChI is InChI=1S/C31H32N2O3/c1-3-4-11-26-22-36-29-13-8-12-28-24(18-19-32(26)31(28)29)20-30(34)33(21-23-9-6-5-7-10-23)25-14-16-27(35-2)17-15-25/h5-10,12-20,26H,3-4,11,21-22H2,1-2H3/b24-20+. The molecule has 0 saturated carbocycles. The van der Waals surface area contributed by atoms with E-state index in [2.05, 4.69) is 30.2 Å². The van der Waals surface area contributed by atoms with Gasteiger partial charge in [0.05, 0.1) is 25.4 Å². The number of carbonyl (C=O) groups excluding carboxylic acids is 1. The van der Waals surface area contributed by atoms with Crippen molar-refractivity contribution < 1.29 is 14.3 Å². The number of rotatable bonds is 8. The Kier molecular flexibility index (Phi) is 7.08. The third-order valence-electron chi connectivity index (χ3n) is 6.81. The minimum atomic E-state index is -0.0750. The molecule has 2 heterocycles. The molecule has 5 nitrogen and oxygen atoms in total. The van der Waals surface area contributed by atoms with Gasteiger partial charge in [-0.2, -0.15) is 0 Å². The molecule has 1 atom stereocenters. The van der Waals surface area contributed by atoms with Gasteiger partial charge in [-0.05, 0) is 54.0 Å². The second kappa shape index (κ2) is 10.7. The number of carbonyl (C=O) groups is 1. The molecule has 0 aromatic heterocycles. The van der Waals surface area contributed by atoms with Crippen LogP contribution < -0.4 is 19.3 Å². The normalized spacial score (nSPS) is 16.9. The van der Waals surface area contributed by atoms with Gasteiger partial charge >= 0.3 is 0 Å². The average Bonchev–Trinajstić information content (AvgIpc) is 2.93. The summed E-state index contributed by atoms with van der Waals surface area (Å²) in [6.45, 7) is 3.37. The van der Waals surface area contributed by atoms with Gasteiger partial charge in [0.15, 0.2) is 0 Å². The molecule has 1 unspecified atom stereocenters. The molecule has 5 heteroatoms. The number of hydrogen-bond donors (Lipinski definition) is 0. The van der Waals surface area contributed by atoms with Crippen molar-refractivity contribution in [1.82, 2.24) is 0 Å². The predicted octanol–water partition coefficient (Wildman–Crippen LogP) is 6.60. The van der Waals surface area contributed by atoms with E-state index in [0.717, 1.165) is 58.8 Å². The number of para-hydroxylation sites is 1. The Hall–Kier alpha value is -3.99. The SMILES string of the molecule is CCCCC1COc2cccc3c2N1C=C/C3=C\C(=O)N(Cc1ccccc1)c1ccc(OC)cc1. The van der Waals surface area contributed by atoms with E-state index in [1.165, 1.54) is 0 Å². The highest BCUT2D eigenvalue weighted by atomic mass is 16.5. The van der Waals surface area contributed by atoms with Gasteiger partial charge in [0.2, 0.25) is 0 Å². The predicted molar refractivity (Wildman–Crippen MR) is 145 cm³/mol. The summed E-state index contributed by atoms with van der Waals surface area (Å²) in [5.74, 6) is 1.56. The molecule has 0 saturated heterocycles. The van der Waals surface area contributed by atoms with E-state index in [-0.39, 0.29) is 5.91 Å². The monoisotopic (exact) mass is 480 g/mol. The molecule has 184 valence electrons. The first-order chi connectivity index (χ1) is 17.7. The molecule has 0 fully saturated rings. The zero-order chi connectivity index (χ0) is 24.9. The van der Waals surface area contributed by atoms with Crippen molar-refractivity contribution in [3.63, 3.8) is 0 Å². The van der Waals surface area contributed by atoms with Crippen LogP contribution in [-0.4, -0.2) is 25.7 Å². The number of methoxy groups -OCH3 is 1. The summed E-state index contributed by atoms with van der Waals surface area (Å²) in [6.07, 6.45) is 9.31. The Morgan fingerprint density at radius 1 is 1.08 bits per heavy atom. The van der Waals surface area contributed by atoms with Crippen molar-refractivity contribution in [2.24, 2.45) is 0 Å². The number of benzene rings is 3. The molecule has 5 rings (SSSR count). The number of hydrogen-bond acceptors (Lipinski definition) is 4. The van der Waals surface area contributed by atoms with Gasteiger partial charge in [-0.15, -0.1) is 0 Å². The van der Waals surface area contributed by atoms with Crippen molar-refractivity contribution in [1.29, 1.82) is 0 Å². The Labute approximate surface area is 213 Å². The molecule has 3 aromatic rings. The largest absolute Gasteiger partial charge is 0.497 e. The Morgan fingerprint density at radius 3 is 2.64 bits per heavy atom. The topological polar surface area (TPSA) is 42.0 Å². The molecule has 0 bridgehead atoms. The minimum Gasteiger partial charge on any atom is -0.497 e. The van der Waals surface area contributed by atoms with Gasteiger partial charge in [0, 0.05) is 23.5 Å². The zero-order valence-corrected chi connectivity index (χ0v) is 20.9. The lowest BCUT2D eigenvalue weighted by molar-refractivity contribution is -0.114. The smallest absolute Gasteiger partial charge is 0.251 e. The lowest BCUT2D eigenvalue weighted by atomic mass is 9.95. The fourth-order valence-electron chi connectivity index (χ4n) is 4.86. The maximum absolute atomic E-state index is 13.8. The molecule has 36 heavy (non-hydrogen) atoms. The third kappa shape index (κ3) is 4.87. The van der Waals surface area contributed by atoms with Crippen LogP contribution in [0, 0.1) is 0 Å². The van der Waals surface area contributed by atoms with E-state index in [9.17, 15) is 4.79 Å². The first-order valence-electron chi connectivity index (χ1n) is 12.6. The van der Waals surface area contributed by atoms with Gasteiger partial charge < -0.3 is 19.3 Å². The van der Waals surface area contributed by atoms with Crippen LogP contribution in [-0.2, 0) is 11.3 Å². The number of unbranched alkanes of at least 4 members (excludes halogenated alkanes) is 1. The minimum absolute atomic E-state index is 0.0750. The molecule has 2 aliphatic heterocycles. The number of amides is 1. The molecule has 2 aliphatic rings. The second-order valence-electron chi connectivity index (χ2n) is 9.19. The van der Waals surface area contributed by atoms with Crippen molar-refractivity contribution in [3.05, 3.63) is 102 Å². The van der Waals surface area contributed by atoms with E-state index in [4.69, 9.17) is 9.47 Å². The van der Waals surface area contributed by atoms with E-state index in [0.29, 0.717) is 19.2 Å². The van der Waals surface area contributed by atoms with Crippen LogP contribution in [0.5, 0.6) is 11.5 Å². The fourth-order valence-corrected chi connectivity index (χ4v) is 4.86. The van der Waals surface area contributed by atoms with Crippen molar-refractivity contribution >= 4 is 22.9 Å². The maximum atomic E-state index is 13.8. The van der Waals surface area contributed by atoms with Gasteiger partial charge in [-0.3, -0.25) is 4.79 Å². The summed E-state index contributed by atoms with van der Waals surface area (Å²) in [4.78, 5) is 17.9. The first-order valence-corrected chi connectivity index (χ1v) is 12.6. The van der Waals surface area contributed by atoms with Crippen LogP contribution in [0.4, 0.5) is 11.4 Å². The Balaban J connectivity index is 1.49. The molecule has 3 aromatic carbocycles. The van der Waals surface area contributed by atoms with Crippen molar-refractivity contribution in [2.75, 3.05) is 23.5 Å². The highest BCUT2D eigenvalue weighted by Crippen LogP contribution is 2.44. The number of ether oxygens (including phenoxy) is 2. The van der Waals surface area contributed by atoms with Gasteiger partial charge in [0.25, 0.3) is 5.91 Å². The maximum Gasteiger partial charge on any atom is 0.251 e. The summed E-state index contributed by atoms with van der Waals surface area (Å²) in [5, 5.41) is 0. The van der Waals surface area contributed by atoms with Gasteiger partial charge in [-0.1, -0.05) is 62.2 Å². The van der Waals surface area contributed by atoms with Crippen LogP contribution in [0.1, 0.15) is 37.3 Å². The van der Waals surface area contributed by atoms with Crippen LogP contribution in [0.15, 0.2) is 91.1 Å². The van der Waals surface area contributed by atoms with E-state index in [1.807, 2.05) is 66.7 Å². The molecule has 0 aliphatic carbocycles. The summed E-state index contributed by atoms with van der Waals surface area (Å²) in [5.41, 5.74) is 4.86. The Bertz CT molecular complexity index is 1260. The summed E-state index contributed by atoms with van der Waals surface area (Å²) in [6, 6.07) is 24.1. The third-order valence-corrected chi connectivity index (χ3v) is 6.81. The van der Waals surface area contributed by atoms with Crippen LogP contribution >= 0.6 is 0 Å². The van der Waals surface area contributed by atoms with Crippen LogP contribution in [0.25, 0.3) is 5.57 Å². The van der Waals surface area contributed by atoms with Crippen molar-refractivity contribution in [2.45, 2.75) is 38.8 Å². The summed E-state index contributed by atoms with van der Waals surface area (Å²) >= 11 is 0. The highest BCUT2D eigenvalue weighted by molar-refractivity contribution is 6.08. The lowest BCUT2D eigenvalue weighted by Gasteiger charge is -2.40. The fraction of sp³-hybridized carbons (Fsp3) is 0.258.